The fraction of sp³-hybridized carbons (Fsp3) is 0.190. The minimum atomic E-state index is -0.179. The van der Waals surface area contributed by atoms with Crippen LogP contribution in [-0.4, -0.2) is 39.6 Å². The summed E-state index contributed by atoms with van der Waals surface area (Å²) in [5.41, 5.74) is 3.13. The van der Waals surface area contributed by atoms with E-state index in [4.69, 9.17) is 4.42 Å². The van der Waals surface area contributed by atoms with Crippen LogP contribution in [0.4, 0.5) is 11.5 Å². The predicted octanol–water partition coefficient (Wildman–Crippen LogP) is 3.09. The number of amides is 1. The largest absolute Gasteiger partial charge is 0.467 e. The average molecular weight is 390 g/mol. The Labute approximate surface area is 168 Å². The van der Waals surface area contributed by atoms with Gasteiger partial charge in [0.25, 0.3) is 0 Å². The highest BCUT2D eigenvalue weighted by Gasteiger charge is 2.12. The molecule has 0 fully saturated rings. The van der Waals surface area contributed by atoms with Gasteiger partial charge in [0.15, 0.2) is 0 Å². The average Bonchev–Trinajstić information content (AvgIpc) is 3.46. The number of carbonyl (C=O) groups is 1. The standard InChI is InChI=1S/C21H22N6O2/c1-25(2)19-8-4-3-7-18(19)16-12-23-26(13-16)15-21(28)24-20-9-10-22-27(20)14-17-6-5-11-29-17/h3-13H,14-15H2,1-2H3,(H,24,28). The molecule has 0 aliphatic heterocycles. The van der Waals surface area contributed by atoms with Gasteiger partial charge in [-0.15, -0.1) is 0 Å². The van der Waals surface area contributed by atoms with Gasteiger partial charge in [-0.25, -0.2) is 4.68 Å². The van der Waals surface area contributed by atoms with Gasteiger partial charge in [-0.2, -0.15) is 10.2 Å². The van der Waals surface area contributed by atoms with Gasteiger partial charge >= 0.3 is 0 Å². The van der Waals surface area contributed by atoms with Crippen molar-refractivity contribution < 1.29 is 9.21 Å². The lowest BCUT2D eigenvalue weighted by molar-refractivity contribution is -0.116. The van der Waals surface area contributed by atoms with Crippen LogP contribution >= 0.6 is 0 Å². The summed E-state index contributed by atoms with van der Waals surface area (Å²) in [5.74, 6) is 1.19. The summed E-state index contributed by atoms with van der Waals surface area (Å²) >= 11 is 0. The van der Waals surface area contributed by atoms with E-state index in [-0.39, 0.29) is 12.5 Å². The number of hydrogen-bond acceptors (Lipinski definition) is 5. The molecule has 0 spiro atoms. The molecule has 8 heteroatoms. The molecule has 0 saturated heterocycles. The van der Waals surface area contributed by atoms with Crippen molar-refractivity contribution in [3.8, 4) is 11.1 Å². The Balaban J connectivity index is 1.44. The number of aromatic nitrogens is 4. The number of rotatable bonds is 7. The molecule has 3 aromatic heterocycles. The minimum absolute atomic E-state index is 0.107. The van der Waals surface area contributed by atoms with E-state index >= 15 is 0 Å². The Morgan fingerprint density at radius 3 is 2.79 bits per heavy atom. The first-order valence-electron chi connectivity index (χ1n) is 9.23. The van der Waals surface area contributed by atoms with Crippen molar-refractivity contribution in [1.82, 2.24) is 19.6 Å². The second-order valence-corrected chi connectivity index (χ2v) is 6.84. The van der Waals surface area contributed by atoms with Crippen LogP contribution in [0.25, 0.3) is 11.1 Å². The normalized spacial score (nSPS) is 10.8. The summed E-state index contributed by atoms with van der Waals surface area (Å²) in [5, 5.41) is 11.5. The number of furan rings is 1. The summed E-state index contributed by atoms with van der Waals surface area (Å²) in [7, 11) is 4.01. The van der Waals surface area contributed by atoms with E-state index in [0.717, 1.165) is 22.6 Å². The van der Waals surface area contributed by atoms with Crippen LogP contribution in [0.2, 0.25) is 0 Å². The highest BCUT2D eigenvalue weighted by atomic mass is 16.3. The Kier molecular flexibility index (Phi) is 5.15. The lowest BCUT2D eigenvalue weighted by Crippen LogP contribution is -2.21. The molecule has 8 nitrogen and oxygen atoms in total. The fourth-order valence-corrected chi connectivity index (χ4v) is 3.14. The van der Waals surface area contributed by atoms with Crippen LogP contribution in [0.15, 0.2) is 71.7 Å². The van der Waals surface area contributed by atoms with Gasteiger partial charge < -0.3 is 14.6 Å². The molecular formula is C21H22N6O2. The number of benzene rings is 1. The van der Waals surface area contributed by atoms with Crippen molar-refractivity contribution in [2.75, 3.05) is 24.3 Å². The SMILES string of the molecule is CN(C)c1ccccc1-c1cnn(CC(=O)Nc2ccnn2Cc2ccco2)c1. The van der Waals surface area contributed by atoms with Crippen molar-refractivity contribution >= 4 is 17.4 Å². The molecule has 0 aliphatic carbocycles. The number of para-hydroxylation sites is 1. The summed E-state index contributed by atoms with van der Waals surface area (Å²) in [6.07, 6.45) is 6.91. The Hall–Kier alpha value is -3.81. The summed E-state index contributed by atoms with van der Waals surface area (Å²) < 4.78 is 8.65. The van der Waals surface area contributed by atoms with Gasteiger partial charge in [-0.3, -0.25) is 9.48 Å². The number of anilines is 2. The third-order valence-electron chi connectivity index (χ3n) is 4.51. The maximum absolute atomic E-state index is 12.5. The molecule has 1 aromatic carbocycles. The van der Waals surface area contributed by atoms with E-state index in [1.165, 1.54) is 0 Å². The molecule has 4 aromatic rings. The van der Waals surface area contributed by atoms with E-state index < -0.39 is 0 Å². The Bertz CT molecular complexity index is 1090. The zero-order chi connectivity index (χ0) is 20.2. The van der Waals surface area contributed by atoms with Crippen molar-refractivity contribution in [3.63, 3.8) is 0 Å². The number of nitrogens with zero attached hydrogens (tertiary/aromatic N) is 5. The summed E-state index contributed by atoms with van der Waals surface area (Å²) in [6.45, 7) is 0.554. The van der Waals surface area contributed by atoms with Gasteiger partial charge in [0, 0.05) is 43.2 Å². The Morgan fingerprint density at radius 1 is 1.14 bits per heavy atom. The van der Waals surface area contributed by atoms with Crippen LogP contribution in [-0.2, 0) is 17.9 Å². The van der Waals surface area contributed by atoms with Gasteiger partial charge in [-0.05, 0) is 18.2 Å². The summed E-state index contributed by atoms with van der Waals surface area (Å²) in [4.78, 5) is 14.6. The molecule has 0 aliphatic rings. The monoisotopic (exact) mass is 390 g/mol. The fourth-order valence-electron chi connectivity index (χ4n) is 3.14. The van der Waals surface area contributed by atoms with Crippen molar-refractivity contribution in [1.29, 1.82) is 0 Å². The van der Waals surface area contributed by atoms with Gasteiger partial charge in [-0.1, -0.05) is 18.2 Å². The first-order chi connectivity index (χ1) is 14.1. The second-order valence-electron chi connectivity index (χ2n) is 6.84. The van der Waals surface area contributed by atoms with Crippen molar-refractivity contribution in [2.24, 2.45) is 0 Å². The van der Waals surface area contributed by atoms with Crippen molar-refractivity contribution in [2.45, 2.75) is 13.1 Å². The molecule has 3 heterocycles. The van der Waals surface area contributed by atoms with E-state index in [2.05, 4.69) is 26.5 Å². The van der Waals surface area contributed by atoms with Crippen molar-refractivity contribution in [3.05, 3.63) is 73.1 Å². The number of hydrogen-bond donors (Lipinski definition) is 1. The van der Waals surface area contributed by atoms with Crippen LogP contribution in [0.1, 0.15) is 5.76 Å². The molecule has 1 N–H and O–H groups in total. The van der Waals surface area contributed by atoms with E-state index in [1.54, 1.807) is 34.1 Å². The number of carbonyl (C=O) groups excluding carboxylic acids is 1. The van der Waals surface area contributed by atoms with E-state index in [0.29, 0.717) is 12.4 Å². The predicted molar refractivity (Wildman–Crippen MR) is 111 cm³/mol. The quantitative estimate of drug-likeness (QED) is 0.524. The maximum atomic E-state index is 12.5. The zero-order valence-electron chi connectivity index (χ0n) is 16.3. The Morgan fingerprint density at radius 2 is 2.00 bits per heavy atom. The van der Waals surface area contributed by atoms with Gasteiger partial charge in [0.2, 0.25) is 5.91 Å². The topological polar surface area (TPSA) is 81.1 Å². The first kappa shape index (κ1) is 18.5. The van der Waals surface area contributed by atoms with Crippen LogP contribution in [0.3, 0.4) is 0 Å². The second kappa shape index (κ2) is 8.05. The lowest BCUT2D eigenvalue weighted by Gasteiger charge is -2.16. The third kappa shape index (κ3) is 4.21. The first-order valence-corrected chi connectivity index (χ1v) is 9.23. The lowest BCUT2D eigenvalue weighted by atomic mass is 10.1. The van der Waals surface area contributed by atoms with Crippen LogP contribution < -0.4 is 10.2 Å². The molecular weight excluding hydrogens is 368 g/mol. The molecule has 1 amide bonds. The maximum Gasteiger partial charge on any atom is 0.247 e. The van der Waals surface area contributed by atoms with Gasteiger partial charge in [0.05, 0.1) is 18.7 Å². The van der Waals surface area contributed by atoms with E-state index in [1.807, 2.05) is 50.6 Å². The molecule has 0 saturated carbocycles. The molecule has 29 heavy (non-hydrogen) atoms. The number of nitrogens with one attached hydrogen (secondary N) is 1. The van der Waals surface area contributed by atoms with E-state index in [9.17, 15) is 4.79 Å². The molecule has 0 radical (unpaired) electrons. The highest BCUT2D eigenvalue weighted by molar-refractivity contribution is 5.89. The molecule has 0 atom stereocenters. The van der Waals surface area contributed by atoms with Crippen LogP contribution in [0.5, 0.6) is 0 Å². The van der Waals surface area contributed by atoms with Gasteiger partial charge in [0.1, 0.15) is 24.7 Å². The zero-order valence-corrected chi connectivity index (χ0v) is 16.3. The molecule has 148 valence electrons. The smallest absolute Gasteiger partial charge is 0.247 e. The third-order valence-corrected chi connectivity index (χ3v) is 4.51. The summed E-state index contributed by atoms with van der Waals surface area (Å²) in [6, 6.07) is 13.5. The molecule has 4 rings (SSSR count). The molecule has 0 unspecified atom stereocenters. The van der Waals surface area contributed by atoms with Crippen LogP contribution in [0, 0.1) is 0 Å². The molecule has 0 bridgehead atoms. The minimum Gasteiger partial charge on any atom is -0.467 e. The highest BCUT2D eigenvalue weighted by Crippen LogP contribution is 2.29.